The topological polar surface area (TPSA) is 85.3 Å². The monoisotopic (exact) mass is 323 g/mol. The van der Waals surface area contributed by atoms with Gasteiger partial charge in [-0.2, -0.15) is 0 Å². The Bertz CT molecular complexity index is 600. The third-order valence-electron chi connectivity index (χ3n) is 3.96. The summed E-state index contributed by atoms with van der Waals surface area (Å²) in [5.74, 6) is -0.0771. The Hall–Kier alpha value is -2.28. The van der Waals surface area contributed by atoms with Gasteiger partial charge in [0.25, 0.3) is 0 Å². The van der Waals surface area contributed by atoms with Crippen LogP contribution in [0.2, 0.25) is 0 Å². The average molecular weight is 323 g/mol. The standard InChI is InChI=1S/C16H21NO6/c1-21-9-15(18)17-5-4-10-6-13(22-2)14(23-3)7-11(10)12(17)8-16(19)20/h6-7,12H,4-5,8-9H2,1-3H3,(H,19,20). The summed E-state index contributed by atoms with van der Waals surface area (Å²) in [5, 5.41) is 9.22. The molecule has 0 saturated heterocycles. The summed E-state index contributed by atoms with van der Waals surface area (Å²) >= 11 is 0. The molecule has 23 heavy (non-hydrogen) atoms. The molecule has 0 spiro atoms. The highest BCUT2D eigenvalue weighted by Crippen LogP contribution is 2.39. The number of carbonyl (C=O) groups excluding carboxylic acids is 1. The highest BCUT2D eigenvalue weighted by molar-refractivity contribution is 5.79. The van der Waals surface area contributed by atoms with E-state index in [0.29, 0.717) is 24.5 Å². The smallest absolute Gasteiger partial charge is 0.305 e. The van der Waals surface area contributed by atoms with Gasteiger partial charge < -0.3 is 24.2 Å². The van der Waals surface area contributed by atoms with Crippen molar-refractivity contribution in [3.63, 3.8) is 0 Å². The zero-order valence-electron chi connectivity index (χ0n) is 13.5. The van der Waals surface area contributed by atoms with E-state index in [2.05, 4.69) is 0 Å². The number of benzene rings is 1. The molecule has 1 heterocycles. The number of hydrogen-bond donors (Lipinski definition) is 1. The van der Waals surface area contributed by atoms with Gasteiger partial charge in [-0.1, -0.05) is 0 Å². The number of carbonyl (C=O) groups is 2. The predicted octanol–water partition coefficient (Wildman–Crippen LogP) is 1.25. The van der Waals surface area contributed by atoms with Crippen molar-refractivity contribution >= 4 is 11.9 Å². The van der Waals surface area contributed by atoms with Crippen molar-refractivity contribution in [2.24, 2.45) is 0 Å². The zero-order valence-corrected chi connectivity index (χ0v) is 13.5. The van der Waals surface area contributed by atoms with Crippen LogP contribution in [0.15, 0.2) is 12.1 Å². The van der Waals surface area contributed by atoms with Gasteiger partial charge in [-0.15, -0.1) is 0 Å². The average Bonchev–Trinajstić information content (AvgIpc) is 2.53. The highest BCUT2D eigenvalue weighted by Gasteiger charge is 2.33. The van der Waals surface area contributed by atoms with E-state index in [-0.39, 0.29) is 18.9 Å². The van der Waals surface area contributed by atoms with Crippen LogP contribution in [0.4, 0.5) is 0 Å². The number of aliphatic carboxylic acids is 1. The number of nitrogens with zero attached hydrogens (tertiary/aromatic N) is 1. The summed E-state index contributed by atoms with van der Waals surface area (Å²) in [6.45, 7) is 0.376. The van der Waals surface area contributed by atoms with Crippen LogP contribution in [0.25, 0.3) is 0 Å². The minimum atomic E-state index is -0.965. The molecule has 0 aromatic heterocycles. The molecule has 1 unspecified atom stereocenters. The van der Waals surface area contributed by atoms with Gasteiger partial charge in [0, 0.05) is 13.7 Å². The first-order valence-corrected chi connectivity index (χ1v) is 7.26. The molecule has 0 fully saturated rings. The second-order valence-electron chi connectivity index (χ2n) is 5.29. The molecule has 1 N–H and O–H groups in total. The van der Waals surface area contributed by atoms with E-state index in [0.717, 1.165) is 11.1 Å². The molecule has 0 radical (unpaired) electrons. The summed E-state index contributed by atoms with van der Waals surface area (Å²) < 4.78 is 15.5. The normalized spacial score (nSPS) is 16.7. The van der Waals surface area contributed by atoms with E-state index < -0.39 is 12.0 Å². The van der Waals surface area contributed by atoms with Crippen molar-refractivity contribution in [2.75, 3.05) is 34.5 Å². The first-order chi connectivity index (χ1) is 11.0. The van der Waals surface area contributed by atoms with Gasteiger partial charge in [-0.25, -0.2) is 0 Å². The van der Waals surface area contributed by atoms with E-state index in [1.165, 1.54) is 14.2 Å². The first-order valence-electron chi connectivity index (χ1n) is 7.26. The Balaban J connectivity index is 2.45. The molecule has 7 heteroatoms. The van der Waals surface area contributed by atoms with Crippen molar-refractivity contribution in [1.29, 1.82) is 0 Å². The Kier molecular flexibility index (Phi) is 5.44. The highest BCUT2D eigenvalue weighted by atomic mass is 16.5. The van der Waals surface area contributed by atoms with E-state index in [4.69, 9.17) is 14.2 Å². The van der Waals surface area contributed by atoms with Crippen LogP contribution in [0.3, 0.4) is 0 Å². The van der Waals surface area contributed by atoms with Gasteiger partial charge >= 0.3 is 5.97 Å². The molecule has 1 aliphatic heterocycles. The zero-order chi connectivity index (χ0) is 17.0. The minimum Gasteiger partial charge on any atom is -0.493 e. The van der Waals surface area contributed by atoms with Crippen LogP contribution in [0.1, 0.15) is 23.6 Å². The van der Waals surface area contributed by atoms with Crippen molar-refractivity contribution in [2.45, 2.75) is 18.9 Å². The fourth-order valence-electron chi connectivity index (χ4n) is 2.92. The summed E-state index contributed by atoms with van der Waals surface area (Å²) in [6, 6.07) is 3.06. The largest absolute Gasteiger partial charge is 0.493 e. The lowest BCUT2D eigenvalue weighted by atomic mass is 9.90. The number of amides is 1. The van der Waals surface area contributed by atoms with Crippen LogP contribution in [0, 0.1) is 0 Å². The van der Waals surface area contributed by atoms with Crippen LogP contribution in [-0.2, 0) is 20.7 Å². The quantitative estimate of drug-likeness (QED) is 0.848. The lowest BCUT2D eigenvalue weighted by Crippen LogP contribution is -2.42. The summed E-state index contributed by atoms with van der Waals surface area (Å²) in [7, 11) is 4.51. The SMILES string of the molecule is COCC(=O)N1CCc2cc(OC)c(OC)cc2C1CC(=O)O. The van der Waals surface area contributed by atoms with Crippen molar-refractivity contribution in [3.05, 3.63) is 23.3 Å². The number of carboxylic acid groups (broad SMARTS) is 1. The third kappa shape index (κ3) is 3.56. The third-order valence-corrected chi connectivity index (χ3v) is 3.96. The molecule has 0 aliphatic carbocycles. The van der Waals surface area contributed by atoms with Crippen molar-refractivity contribution < 1.29 is 28.9 Å². The van der Waals surface area contributed by atoms with Crippen LogP contribution >= 0.6 is 0 Å². The van der Waals surface area contributed by atoms with Crippen LogP contribution in [0.5, 0.6) is 11.5 Å². The van der Waals surface area contributed by atoms with E-state index in [9.17, 15) is 14.7 Å². The fourth-order valence-corrected chi connectivity index (χ4v) is 2.92. The molecule has 1 atom stereocenters. The number of methoxy groups -OCH3 is 3. The van der Waals surface area contributed by atoms with Crippen molar-refractivity contribution in [3.8, 4) is 11.5 Å². The molecule has 1 amide bonds. The maximum Gasteiger partial charge on any atom is 0.305 e. The Morgan fingerprint density at radius 3 is 2.43 bits per heavy atom. The number of fused-ring (bicyclic) bond motifs is 1. The molecule has 2 rings (SSSR count). The van der Waals surface area contributed by atoms with Gasteiger partial charge in [0.1, 0.15) is 6.61 Å². The minimum absolute atomic E-state index is 0.0707. The van der Waals surface area contributed by atoms with E-state index in [1.807, 2.05) is 6.07 Å². The van der Waals surface area contributed by atoms with Crippen molar-refractivity contribution in [1.82, 2.24) is 4.90 Å². The maximum atomic E-state index is 12.2. The molecule has 7 nitrogen and oxygen atoms in total. The van der Waals surface area contributed by atoms with E-state index in [1.54, 1.807) is 18.1 Å². The molecule has 0 saturated carbocycles. The molecule has 126 valence electrons. The summed E-state index contributed by atoms with van der Waals surface area (Å²) in [5.41, 5.74) is 1.75. The second kappa shape index (κ2) is 7.32. The van der Waals surface area contributed by atoms with Gasteiger partial charge in [-0.05, 0) is 29.7 Å². The van der Waals surface area contributed by atoms with Gasteiger partial charge in [0.15, 0.2) is 11.5 Å². The number of carboxylic acids is 1. The molecule has 0 bridgehead atoms. The number of hydrogen-bond acceptors (Lipinski definition) is 5. The second-order valence-corrected chi connectivity index (χ2v) is 5.29. The molecule has 1 aromatic carbocycles. The van der Waals surface area contributed by atoms with Gasteiger partial charge in [0.2, 0.25) is 5.91 Å². The maximum absolute atomic E-state index is 12.2. The summed E-state index contributed by atoms with van der Waals surface area (Å²) in [6.07, 6.45) is 0.458. The molecular formula is C16H21NO6. The molecular weight excluding hydrogens is 302 g/mol. The Morgan fingerprint density at radius 2 is 1.87 bits per heavy atom. The number of rotatable bonds is 6. The van der Waals surface area contributed by atoms with Gasteiger partial charge in [0.05, 0.1) is 26.7 Å². The summed E-state index contributed by atoms with van der Waals surface area (Å²) in [4.78, 5) is 25.0. The van der Waals surface area contributed by atoms with Crippen LogP contribution < -0.4 is 9.47 Å². The lowest BCUT2D eigenvalue weighted by molar-refractivity contribution is -0.143. The fraction of sp³-hybridized carbons (Fsp3) is 0.500. The van der Waals surface area contributed by atoms with Gasteiger partial charge in [-0.3, -0.25) is 9.59 Å². The first kappa shape index (κ1) is 17.1. The molecule has 1 aliphatic rings. The Morgan fingerprint density at radius 1 is 1.22 bits per heavy atom. The lowest BCUT2D eigenvalue weighted by Gasteiger charge is -2.37. The molecule has 1 aromatic rings. The number of ether oxygens (including phenoxy) is 3. The van der Waals surface area contributed by atoms with E-state index >= 15 is 0 Å². The Labute approximate surface area is 134 Å². The predicted molar refractivity (Wildman–Crippen MR) is 81.8 cm³/mol. The van der Waals surface area contributed by atoms with Crippen LogP contribution in [-0.4, -0.2) is 56.4 Å².